The Hall–Kier alpha value is -4.34. The second kappa shape index (κ2) is 7.17. The van der Waals surface area contributed by atoms with E-state index in [2.05, 4.69) is 20.4 Å². The minimum absolute atomic E-state index is 0.117. The third-order valence-electron chi connectivity index (χ3n) is 4.94. The quantitative estimate of drug-likeness (QED) is 0.521. The summed E-state index contributed by atoms with van der Waals surface area (Å²) < 4.78 is 17.4. The van der Waals surface area contributed by atoms with Crippen molar-refractivity contribution < 1.29 is 18.7 Å². The largest absolute Gasteiger partial charge is 0.463 e. The molecular formula is C21H17N5O5. The van der Waals surface area contributed by atoms with Gasteiger partial charge in [-0.05, 0) is 44.2 Å². The highest BCUT2D eigenvalue weighted by molar-refractivity contribution is 6.04. The number of nitrogens with one attached hydrogen (secondary N) is 2. The number of fused-ring (bicyclic) bond motifs is 1. The van der Waals surface area contributed by atoms with Crippen molar-refractivity contribution in [1.29, 1.82) is 0 Å². The van der Waals surface area contributed by atoms with Gasteiger partial charge in [-0.2, -0.15) is 9.78 Å². The highest BCUT2D eigenvalue weighted by Gasteiger charge is 2.20. The number of aromatic amines is 1. The fraction of sp³-hybridized carbons (Fsp3) is 0.143. The van der Waals surface area contributed by atoms with Crippen LogP contribution >= 0.6 is 0 Å². The van der Waals surface area contributed by atoms with E-state index < -0.39 is 5.91 Å². The van der Waals surface area contributed by atoms with E-state index in [1.807, 2.05) is 0 Å². The molecule has 4 aromatic rings. The highest BCUT2D eigenvalue weighted by Crippen LogP contribution is 2.33. The number of carbonyl (C=O) groups is 1. The van der Waals surface area contributed by atoms with Gasteiger partial charge in [0.25, 0.3) is 11.5 Å². The Morgan fingerprint density at radius 3 is 2.77 bits per heavy atom. The predicted molar refractivity (Wildman–Crippen MR) is 110 cm³/mol. The number of hydrogen-bond donors (Lipinski definition) is 2. The van der Waals surface area contributed by atoms with Crippen LogP contribution in [-0.4, -0.2) is 32.4 Å². The topological polar surface area (TPSA) is 124 Å². The van der Waals surface area contributed by atoms with Crippen LogP contribution in [0.3, 0.4) is 0 Å². The minimum Gasteiger partial charge on any atom is -0.463 e. The molecule has 4 heterocycles. The maximum atomic E-state index is 12.9. The van der Waals surface area contributed by atoms with Crippen molar-refractivity contribution in [3.8, 4) is 28.9 Å². The van der Waals surface area contributed by atoms with Crippen molar-refractivity contribution in [2.45, 2.75) is 13.8 Å². The molecule has 1 aliphatic rings. The van der Waals surface area contributed by atoms with Crippen molar-refractivity contribution in [2.75, 3.05) is 12.1 Å². The van der Waals surface area contributed by atoms with Crippen molar-refractivity contribution >= 4 is 11.7 Å². The Labute approximate surface area is 175 Å². The zero-order valence-corrected chi connectivity index (χ0v) is 16.6. The summed E-state index contributed by atoms with van der Waals surface area (Å²) in [7, 11) is 0. The Morgan fingerprint density at radius 2 is 2.00 bits per heavy atom. The Kier molecular flexibility index (Phi) is 4.32. The minimum atomic E-state index is -0.392. The standard InChI is InChI=1S/C21H17N5O5/c1-11-12(2)22-21(24-19(11)27)26-18(9-14(25-26)15-4-3-7-29-15)23-20(28)13-5-6-16-17(8-13)31-10-30-16/h3-9H,10H2,1-2H3,(H,23,28)(H,22,24,27). The second-order valence-electron chi connectivity index (χ2n) is 6.93. The van der Waals surface area contributed by atoms with E-state index in [-0.39, 0.29) is 18.3 Å². The van der Waals surface area contributed by atoms with Crippen molar-refractivity contribution in [3.05, 3.63) is 69.8 Å². The molecule has 0 bridgehead atoms. The maximum Gasteiger partial charge on any atom is 0.256 e. The molecule has 5 rings (SSSR count). The van der Waals surface area contributed by atoms with E-state index in [1.54, 1.807) is 50.2 Å². The summed E-state index contributed by atoms with van der Waals surface area (Å²) in [6.45, 7) is 3.53. The summed E-state index contributed by atoms with van der Waals surface area (Å²) in [6.07, 6.45) is 1.52. The van der Waals surface area contributed by atoms with Crippen LogP contribution in [0.1, 0.15) is 21.6 Å². The summed E-state index contributed by atoms with van der Waals surface area (Å²) >= 11 is 0. The second-order valence-corrected chi connectivity index (χ2v) is 6.93. The van der Waals surface area contributed by atoms with Crippen molar-refractivity contribution in [2.24, 2.45) is 0 Å². The first-order valence-electron chi connectivity index (χ1n) is 9.42. The number of furan rings is 1. The molecule has 10 nitrogen and oxygen atoms in total. The predicted octanol–water partition coefficient (Wildman–Crippen LogP) is 2.81. The molecule has 31 heavy (non-hydrogen) atoms. The molecule has 1 amide bonds. The summed E-state index contributed by atoms with van der Waals surface area (Å²) in [5, 5.41) is 7.28. The first kappa shape index (κ1) is 18.7. The van der Waals surface area contributed by atoms with Gasteiger partial charge in [0, 0.05) is 22.9 Å². The SMILES string of the molecule is Cc1nc(-n2nc(-c3ccco3)cc2NC(=O)c2ccc3c(c2)OCO3)[nH]c(=O)c1C. The third-order valence-corrected chi connectivity index (χ3v) is 4.94. The number of nitrogens with zero attached hydrogens (tertiary/aromatic N) is 3. The van der Waals surface area contributed by atoms with Gasteiger partial charge in [-0.1, -0.05) is 0 Å². The number of ether oxygens (including phenoxy) is 2. The summed E-state index contributed by atoms with van der Waals surface area (Å²) in [5.74, 6) is 1.67. The summed E-state index contributed by atoms with van der Waals surface area (Å²) in [5.41, 5.74) is 1.62. The number of hydrogen-bond acceptors (Lipinski definition) is 7. The number of H-pyrrole nitrogens is 1. The molecule has 1 aromatic carbocycles. The molecular weight excluding hydrogens is 402 g/mol. The number of benzene rings is 1. The monoisotopic (exact) mass is 419 g/mol. The van der Waals surface area contributed by atoms with Gasteiger partial charge in [0.05, 0.1) is 6.26 Å². The molecule has 0 unspecified atom stereocenters. The number of aromatic nitrogens is 4. The molecule has 0 saturated heterocycles. The van der Waals surface area contributed by atoms with E-state index in [0.29, 0.717) is 45.6 Å². The third kappa shape index (κ3) is 3.33. The molecule has 0 atom stereocenters. The number of rotatable bonds is 4. The van der Waals surface area contributed by atoms with E-state index in [9.17, 15) is 9.59 Å². The Bertz CT molecular complexity index is 1350. The highest BCUT2D eigenvalue weighted by atomic mass is 16.7. The van der Waals surface area contributed by atoms with E-state index >= 15 is 0 Å². The Morgan fingerprint density at radius 1 is 1.16 bits per heavy atom. The molecule has 156 valence electrons. The van der Waals surface area contributed by atoms with Crippen LogP contribution in [0.5, 0.6) is 11.5 Å². The van der Waals surface area contributed by atoms with Crippen LogP contribution in [0.15, 0.2) is 51.9 Å². The number of anilines is 1. The lowest BCUT2D eigenvalue weighted by Crippen LogP contribution is -2.20. The van der Waals surface area contributed by atoms with Crippen LogP contribution in [0.4, 0.5) is 5.82 Å². The molecule has 2 N–H and O–H groups in total. The molecule has 0 spiro atoms. The number of aryl methyl sites for hydroxylation is 1. The van der Waals surface area contributed by atoms with Crippen LogP contribution in [-0.2, 0) is 0 Å². The maximum absolute atomic E-state index is 12.9. The van der Waals surface area contributed by atoms with Crippen LogP contribution in [0.2, 0.25) is 0 Å². The summed E-state index contributed by atoms with van der Waals surface area (Å²) in [6, 6.07) is 10.0. The van der Waals surface area contributed by atoms with Crippen molar-refractivity contribution in [1.82, 2.24) is 19.7 Å². The number of carbonyl (C=O) groups excluding carboxylic acids is 1. The lowest BCUT2D eigenvalue weighted by atomic mass is 10.2. The van der Waals surface area contributed by atoms with Gasteiger partial charge in [0.15, 0.2) is 17.3 Å². The first-order valence-corrected chi connectivity index (χ1v) is 9.42. The smallest absolute Gasteiger partial charge is 0.256 e. The van der Waals surface area contributed by atoms with Gasteiger partial charge in [0.1, 0.15) is 11.5 Å². The lowest BCUT2D eigenvalue weighted by Gasteiger charge is -2.09. The van der Waals surface area contributed by atoms with Gasteiger partial charge in [-0.25, -0.2) is 4.98 Å². The fourth-order valence-electron chi connectivity index (χ4n) is 3.13. The van der Waals surface area contributed by atoms with Crippen molar-refractivity contribution in [3.63, 3.8) is 0 Å². The average Bonchev–Trinajstić information content (AvgIpc) is 3.51. The zero-order valence-electron chi connectivity index (χ0n) is 16.6. The molecule has 0 fully saturated rings. The van der Waals surface area contributed by atoms with E-state index in [0.717, 1.165) is 0 Å². The molecule has 10 heteroatoms. The number of amides is 1. The molecule has 1 aliphatic heterocycles. The normalized spacial score (nSPS) is 12.2. The van der Waals surface area contributed by atoms with Gasteiger partial charge in [-0.15, -0.1) is 0 Å². The van der Waals surface area contributed by atoms with Crippen LogP contribution < -0.4 is 20.3 Å². The Balaban J connectivity index is 1.55. The summed E-state index contributed by atoms with van der Waals surface area (Å²) in [4.78, 5) is 32.3. The molecule has 3 aromatic heterocycles. The van der Waals surface area contributed by atoms with E-state index in [1.165, 1.54) is 10.9 Å². The molecule has 0 saturated carbocycles. The lowest BCUT2D eigenvalue weighted by molar-refractivity contribution is 0.102. The zero-order chi connectivity index (χ0) is 21.5. The molecule has 0 aliphatic carbocycles. The fourth-order valence-corrected chi connectivity index (χ4v) is 3.13. The van der Waals surface area contributed by atoms with Gasteiger partial charge in [-0.3, -0.25) is 14.6 Å². The van der Waals surface area contributed by atoms with Gasteiger partial charge < -0.3 is 19.2 Å². The van der Waals surface area contributed by atoms with E-state index in [4.69, 9.17) is 13.9 Å². The average molecular weight is 419 g/mol. The van der Waals surface area contributed by atoms with Crippen LogP contribution in [0.25, 0.3) is 17.4 Å². The van der Waals surface area contributed by atoms with Gasteiger partial charge in [0.2, 0.25) is 12.7 Å². The molecule has 0 radical (unpaired) electrons. The first-order chi connectivity index (χ1) is 15.0. The van der Waals surface area contributed by atoms with Gasteiger partial charge >= 0.3 is 0 Å². The van der Waals surface area contributed by atoms with Crippen LogP contribution in [0, 0.1) is 13.8 Å².